The molecule has 174 valence electrons. The maximum Gasteiger partial charge on any atom is 0.439 e. The van der Waals surface area contributed by atoms with Gasteiger partial charge in [-0.25, -0.2) is 9.78 Å². The van der Waals surface area contributed by atoms with E-state index in [2.05, 4.69) is 39.0 Å². The molecule has 2 saturated heterocycles. The van der Waals surface area contributed by atoms with E-state index in [1.807, 2.05) is 31.3 Å². The molecule has 4 aromatic rings. The van der Waals surface area contributed by atoms with Crippen molar-refractivity contribution in [2.75, 3.05) is 10.7 Å². The van der Waals surface area contributed by atoms with Crippen molar-refractivity contribution in [3.8, 4) is 0 Å². The van der Waals surface area contributed by atoms with E-state index in [9.17, 15) is 4.79 Å². The maximum absolute atomic E-state index is 12.3. The Kier molecular flexibility index (Phi) is 5.06. The number of fused-ring (bicyclic) bond motifs is 3. The molecule has 0 amide bonds. The summed E-state index contributed by atoms with van der Waals surface area (Å²) in [5.41, 5.74) is 8.22. The smallest absolute Gasteiger partial charge is 0.406 e. The quantitative estimate of drug-likeness (QED) is 0.412. The number of piperidine rings is 1. The molecule has 5 heterocycles. The van der Waals surface area contributed by atoms with Crippen molar-refractivity contribution in [3.05, 3.63) is 70.1 Å². The predicted octanol–water partition coefficient (Wildman–Crippen LogP) is 4.01. The third kappa shape index (κ3) is 3.81. The van der Waals surface area contributed by atoms with Crippen molar-refractivity contribution in [3.63, 3.8) is 0 Å². The van der Waals surface area contributed by atoms with Crippen LogP contribution < -0.4 is 21.8 Å². The average molecular weight is 458 g/mol. The second kappa shape index (κ2) is 8.25. The number of hydrogen-bond acceptors (Lipinski definition) is 8. The Bertz CT molecular complexity index is 1410. The number of pyridine rings is 1. The number of rotatable bonds is 5. The molecule has 34 heavy (non-hydrogen) atoms. The van der Waals surface area contributed by atoms with Crippen molar-refractivity contribution in [2.24, 2.45) is 0 Å². The summed E-state index contributed by atoms with van der Waals surface area (Å²) >= 11 is 0. The number of oxazole rings is 1. The van der Waals surface area contributed by atoms with Crippen molar-refractivity contribution in [2.45, 2.75) is 57.5 Å². The van der Waals surface area contributed by atoms with E-state index in [0.717, 1.165) is 24.1 Å². The Balaban J connectivity index is 1.23. The Hall–Kier alpha value is -3.72. The van der Waals surface area contributed by atoms with E-state index in [1.54, 1.807) is 12.3 Å². The Labute approximate surface area is 196 Å². The monoisotopic (exact) mass is 457 g/mol. The van der Waals surface area contributed by atoms with E-state index >= 15 is 0 Å². The van der Waals surface area contributed by atoms with E-state index in [0.29, 0.717) is 40.9 Å². The summed E-state index contributed by atoms with van der Waals surface area (Å²) in [6.07, 6.45) is 8.45. The van der Waals surface area contributed by atoms with Crippen LogP contribution in [0.2, 0.25) is 0 Å². The lowest BCUT2D eigenvalue weighted by molar-refractivity contribution is 0.358. The Morgan fingerprint density at radius 1 is 1.06 bits per heavy atom. The van der Waals surface area contributed by atoms with E-state index in [-0.39, 0.29) is 0 Å². The van der Waals surface area contributed by atoms with Crippen LogP contribution in [0.4, 0.5) is 17.5 Å². The largest absolute Gasteiger partial charge is 0.439 e. The van der Waals surface area contributed by atoms with Crippen molar-refractivity contribution in [1.29, 1.82) is 0 Å². The van der Waals surface area contributed by atoms with Crippen molar-refractivity contribution in [1.82, 2.24) is 24.9 Å². The van der Waals surface area contributed by atoms with Crippen LogP contribution in [0.15, 0.2) is 51.9 Å². The SMILES string of the molecule is Cc1cnc(Nc2cnc(C3CC4CCC(C3)N4)c(C)c2)nc1Nn1c(=O)oc2ccccc21. The number of benzene rings is 1. The van der Waals surface area contributed by atoms with Crippen LogP contribution in [-0.2, 0) is 0 Å². The first-order valence-corrected chi connectivity index (χ1v) is 11.7. The molecule has 0 spiro atoms. The number of anilines is 3. The molecule has 2 aliphatic rings. The summed E-state index contributed by atoms with van der Waals surface area (Å²) in [5, 5.41) is 6.96. The number of aromatic nitrogens is 4. The minimum Gasteiger partial charge on any atom is -0.406 e. The van der Waals surface area contributed by atoms with Gasteiger partial charge in [0.25, 0.3) is 0 Å². The molecule has 9 nitrogen and oxygen atoms in total. The molecule has 2 unspecified atom stereocenters. The predicted molar refractivity (Wildman–Crippen MR) is 130 cm³/mol. The molecule has 2 bridgehead atoms. The van der Waals surface area contributed by atoms with Gasteiger partial charge in [-0.05, 0) is 63.3 Å². The summed E-state index contributed by atoms with van der Waals surface area (Å²) in [7, 11) is 0. The van der Waals surface area contributed by atoms with Gasteiger partial charge in [0.15, 0.2) is 11.4 Å². The van der Waals surface area contributed by atoms with Gasteiger partial charge in [0, 0.05) is 35.5 Å². The zero-order valence-corrected chi connectivity index (χ0v) is 19.2. The van der Waals surface area contributed by atoms with E-state index < -0.39 is 5.76 Å². The van der Waals surface area contributed by atoms with Crippen LogP contribution in [-0.4, -0.2) is 31.7 Å². The van der Waals surface area contributed by atoms with Gasteiger partial charge in [-0.15, -0.1) is 0 Å². The van der Waals surface area contributed by atoms with Crippen molar-refractivity contribution >= 4 is 28.6 Å². The van der Waals surface area contributed by atoms with Crippen LogP contribution in [0, 0.1) is 13.8 Å². The second-order valence-electron chi connectivity index (χ2n) is 9.37. The highest BCUT2D eigenvalue weighted by Crippen LogP contribution is 2.38. The first kappa shape index (κ1) is 20.9. The summed E-state index contributed by atoms with van der Waals surface area (Å²) in [5.74, 6) is 0.943. The molecule has 0 aliphatic carbocycles. The lowest BCUT2D eigenvalue weighted by Gasteiger charge is -2.29. The highest BCUT2D eigenvalue weighted by atomic mass is 16.4. The zero-order valence-electron chi connectivity index (χ0n) is 19.2. The molecule has 9 heteroatoms. The van der Waals surface area contributed by atoms with Gasteiger partial charge in [0.1, 0.15) is 5.52 Å². The molecule has 0 saturated carbocycles. The zero-order chi connectivity index (χ0) is 23.2. The fourth-order valence-corrected chi connectivity index (χ4v) is 5.28. The second-order valence-corrected chi connectivity index (χ2v) is 9.37. The van der Waals surface area contributed by atoms with Crippen LogP contribution in [0.3, 0.4) is 0 Å². The fourth-order valence-electron chi connectivity index (χ4n) is 5.28. The van der Waals surface area contributed by atoms with Gasteiger partial charge in [-0.2, -0.15) is 9.66 Å². The van der Waals surface area contributed by atoms with Crippen LogP contribution in [0.5, 0.6) is 0 Å². The molecule has 2 aliphatic heterocycles. The Morgan fingerprint density at radius 3 is 2.65 bits per heavy atom. The van der Waals surface area contributed by atoms with Gasteiger partial charge < -0.3 is 15.1 Å². The van der Waals surface area contributed by atoms with E-state index in [1.165, 1.54) is 28.8 Å². The molecule has 2 fully saturated rings. The topological polar surface area (TPSA) is 110 Å². The molecule has 2 atom stereocenters. The number of aryl methyl sites for hydroxylation is 2. The minimum atomic E-state index is -0.504. The Morgan fingerprint density at radius 2 is 1.85 bits per heavy atom. The van der Waals surface area contributed by atoms with Gasteiger partial charge in [-0.1, -0.05) is 12.1 Å². The highest BCUT2D eigenvalue weighted by molar-refractivity contribution is 5.73. The van der Waals surface area contributed by atoms with Crippen LogP contribution in [0.25, 0.3) is 11.1 Å². The number of hydrogen-bond donors (Lipinski definition) is 3. The van der Waals surface area contributed by atoms with Gasteiger partial charge in [-0.3, -0.25) is 10.4 Å². The molecular weight excluding hydrogens is 430 g/mol. The molecule has 6 rings (SSSR count). The number of nitrogens with zero attached hydrogens (tertiary/aromatic N) is 4. The van der Waals surface area contributed by atoms with Crippen LogP contribution >= 0.6 is 0 Å². The number of nitrogens with one attached hydrogen (secondary N) is 3. The highest BCUT2D eigenvalue weighted by Gasteiger charge is 2.35. The van der Waals surface area contributed by atoms with E-state index in [4.69, 9.17) is 9.40 Å². The lowest BCUT2D eigenvalue weighted by atomic mass is 9.87. The summed E-state index contributed by atoms with van der Waals surface area (Å²) in [6.45, 7) is 4.00. The summed E-state index contributed by atoms with van der Waals surface area (Å²) in [6, 6.07) is 10.6. The third-order valence-corrected chi connectivity index (χ3v) is 6.91. The molecular formula is C25H27N7O2. The molecule has 0 radical (unpaired) electrons. The van der Waals surface area contributed by atoms with Gasteiger partial charge >= 0.3 is 5.76 Å². The van der Waals surface area contributed by atoms with Gasteiger partial charge in [0.05, 0.1) is 11.9 Å². The molecule has 1 aromatic carbocycles. The summed E-state index contributed by atoms with van der Waals surface area (Å²) < 4.78 is 6.65. The lowest BCUT2D eigenvalue weighted by Crippen LogP contribution is -2.37. The maximum atomic E-state index is 12.3. The van der Waals surface area contributed by atoms with Crippen molar-refractivity contribution < 1.29 is 4.42 Å². The minimum absolute atomic E-state index is 0.419. The normalized spacial score (nSPS) is 21.6. The van der Waals surface area contributed by atoms with Crippen LogP contribution in [0.1, 0.15) is 48.4 Å². The third-order valence-electron chi connectivity index (χ3n) is 6.91. The summed E-state index contributed by atoms with van der Waals surface area (Å²) in [4.78, 5) is 26.2. The average Bonchev–Trinajstić information content (AvgIpc) is 3.33. The molecule has 3 aromatic heterocycles. The molecule has 3 N–H and O–H groups in total. The fraction of sp³-hybridized carbons (Fsp3) is 0.360. The first-order chi connectivity index (χ1) is 16.5. The van der Waals surface area contributed by atoms with Gasteiger partial charge in [0.2, 0.25) is 5.95 Å². The number of para-hydroxylation sites is 2. The first-order valence-electron chi connectivity index (χ1n) is 11.7. The standard InChI is InChI=1S/C25H27N7O2/c1-14-9-19(13-26-22(14)16-10-17-7-8-18(11-16)28-17)29-24-27-12-15(2)23(30-24)31-32-20-5-3-4-6-21(20)34-25(32)33/h3-6,9,12-13,16-18,28H,7-8,10-11H2,1-2H3,(H2,27,29,30,31).